The van der Waals surface area contributed by atoms with Gasteiger partial charge in [-0.2, -0.15) is 4.55 Å². The van der Waals surface area contributed by atoms with Crippen LogP contribution in [0, 0.1) is 0 Å². The van der Waals surface area contributed by atoms with E-state index in [1.165, 1.54) is 11.5 Å². The summed E-state index contributed by atoms with van der Waals surface area (Å²) in [5.41, 5.74) is 0. The standard InChI is InChI=1S/C6H6O2S/c7-6-3-1-2-4-9(8)5-6/h1-5,8H/p+1. The first kappa shape index (κ1) is 6.45. The molecule has 0 saturated carbocycles. The molecule has 0 aliphatic carbocycles. The zero-order chi connectivity index (χ0) is 6.69. The molecule has 9 heavy (non-hydrogen) atoms. The van der Waals surface area contributed by atoms with Crippen molar-refractivity contribution in [2.45, 2.75) is 0 Å². The summed E-state index contributed by atoms with van der Waals surface area (Å²) in [5, 5.41) is 11.8. The van der Waals surface area contributed by atoms with Gasteiger partial charge in [0.2, 0.25) is 16.6 Å². The normalized spacial score (nSPS) is 25.4. The SMILES string of the molecule is OC1=C[S+](O)C=CC=C1. The first-order valence-electron chi connectivity index (χ1n) is 2.45. The Morgan fingerprint density at radius 2 is 2.11 bits per heavy atom. The summed E-state index contributed by atoms with van der Waals surface area (Å²) in [6.45, 7) is 0. The Balaban J connectivity index is 2.77. The second kappa shape index (κ2) is 2.75. The van der Waals surface area contributed by atoms with E-state index in [-0.39, 0.29) is 5.76 Å². The van der Waals surface area contributed by atoms with Crippen LogP contribution in [0.25, 0.3) is 0 Å². The van der Waals surface area contributed by atoms with Crippen molar-refractivity contribution in [1.29, 1.82) is 0 Å². The molecule has 0 aromatic carbocycles. The maximum absolute atomic E-state index is 8.92. The first-order chi connectivity index (χ1) is 4.29. The van der Waals surface area contributed by atoms with Crippen molar-refractivity contribution in [2.24, 2.45) is 0 Å². The lowest BCUT2D eigenvalue weighted by Gasteiger charge is -1.81. The van der Waals surface area contributed by atoms with E-state index in [9.17, 15) is 0 Å². The van der Waals surface area contributed by atoms with Crippen molar-refractivity contribution in [1.82, 2.24) is 0 Å². The smallest absolute Gasteiger partial charge is 0.208 e. The van der Waals surface area contributed by atoms with Crippen molar-refractivity contribution >= 4 is 11.2 Å². The monoisotopic (exact) mass is 143 g/mol. The fraction of sp³-hybridized carbons (Fsp3) is 0. The van der Waals surface area contributed by atoms with Gasteiger partial charge in [0.1, 0.15) is 0 Å². The second-order valence-corrected chi connectivity index (χ2v) is 2.78. The zero-order valence-electron chi connectivity index (χ0n) is 4.69. The van der Waals surface area contributed by atoms with Gasteiger partial charge in [-0.15, -0.1) is 0 Å². The van der Waals surface area contributed by atoms with E-state index in [0.717, 1.165) is 0 Å². The quantitative estimate of drug-likeness (QED) is 0.505. The Bertz CT molecular complexity index is 181. The highest BCUT2D eigenvalue weighted by Crippen LogP contribution is 2.04. The van der Waals surface area contributed by atoms with Crippen LogP contribution in [-0.2, 0) is 11.2 Å². The Hall–Kier alpha value is -0.670. The molecule has 0 bridgehead atoms. The van der Waals surface area contributed by atoms with Crippen molar-refractivity contribution in [3.63, 3.8) is 0 Å². The highest BCUT2D eigenvalue weighted by atomic mass is 32.2. The van der Waals surface area contributed by atoms with E-state index in [2.05, 4.69) is 0 Å². The molecule has 0 radical (unpaired) electrons. The predicted octanol–water partition coefficient (Wildman–Crippen LogP) is 1.56. The molecule has 2 nitrogen and oxygen atoms in total. The summed E-state index contributed by atoms with van der Waals surface area (Å²) < 4.78 is 8.92. The van der Waals surface area contributed by atoms with Crippen LogP contribution in [0.1, 0.15) is 0 Å². The van der Waals surface area contributed by atoms with Crippen LogP contribution >= 0.6 is 0 Å². The molecule has 1 aliphatic heterocycles. The van der Waals surface area contributed by atoms with Gasteiger partial charge in [-0.1, -0.05) is 6.08 Å². The summed E-state index contributed by atoms with van der Waals surface area (Å²) in [7, 11) is 0. The molecule has 48 valence electrons. The lowest BCUT2D eigenvalue weighted by atomic mass is 10.4. The minimum atomic E-state index is -0.893. The maximum atomic E-state index is 8.92. The fourth-order valence-corrected chi connectivity index (χ4v) is 1.14. The molecule has 1 rings (SSSR count). The lowest BCUT2D eigenvalue weighted by Crippen LogP contribution is -1.87. The van der Waals surface area contributed by atoms with Crippen molar-refractivity contribution in [3.05, 3.63) is 34.8 Å². The number of allylic oxidation sites excluding steroid dienone is 3. The summed E-state index contributed by atoms with van der Waals surface area (Å²) in [4.78, 5) is 0. The minimum Gasteiger partial charge on any atom is -0.504 e. The molecule has 1 heterocycles. The molecule has 1 atom stereocenters. The molecular weight excluding hydrogens is 136 g/mol. The molecule has 1 unspecified atom stereocenters. The summed E-state index contributed by atoms with van der Waals surface area (Å²) >= 11 is -0.893. The minimum absolute atomic E-state index is 0.117. The molecule has 2 N–H and O–H groups in total. The first-order valence-corrected chi connectivity index (χ1v) is 3.76. The van der Waals surface area contributed by atoms with Crippen LogP contribution < -0.4 is 0 Å². The molecule has 0 saturated heterocycles. The second-order valence-electron chi connectivity index (χ2n) is 1.58. The van der Waals surface area contributed by atoms with Gasteiger partial charge in [0.25, 0.3) is 0 Å². The molecule has 0 fully saturated rings. The Kier molecular flexibility index (Phi) is 1.97. The Morgan fingerprint density at radius 1 is 1.33 bits per heavy atom. The Morgan fingerprint density at radius 3 is 2.89 bits per heavy atom. The van der Waals surface area contributed by atoms with Gasteiger partial charge in [-0.3, -0.25) is 0 Å². The van der Waals surface area contributed by atoms with E-state index < -0.39 is 11.2 Å². The molecule has 0 amide bonds. The molecule has 0 spiro atoms. The molecule has 3 heteroatoms. The number of hydrogen-bond acceptors (Lipinski definition) is 2. The summed E-state index contributed by atoms with van der Waals surface area (Å²) in [5.74, 6) is 0.117. The number of aliphatic hydroxyl groups is 1. The van der Waals surface area contributed by atoms with Gasteiger partial charge < -0.3 is 5.11 Å². The molecule has 1 aliphatic rings. The highest BCUT2D eigenvalue weighted by molar-refractivity contribution is 7.97. The van der Waals surface area contributed by atoms with Crippen LogP contribution in [0.3, 0.4) is 0 Å². The number of rotatable bonds is 0. The average molecular weight is 143 g/mol. The Labute approximate surface area is 56.4 Å². The average Bonchev–Trinajstić information content (AvgIpc) is 1.93. The van der Waals surface area contributed by atoms with E-state index >= 15 is 0 Å². The van der Waals surface area contributed by atoms with E-state index in [1.807, 2.05) is 0 Å². The summed E-state index contributed by atoms with van der Waals surface area (Å²) in [6, 6.07) is 0. The van der Waals surface area contributed by atoms with E-state index in [0.29, 0.717) is 0 Å². The van der Waals surface area contributed by atoms with E-state index in [4.69, 9.17) is 9.66 Å². The number of aliphatic hydroxyl groups excluding tert-OH is 1. The van der Waals surface area contributed by atoms with Crippen molar-refractivity contribution in [3.8, 4) is 0 Å². The molecule has 0 aromatic rings. The van der Waals surface area contributed by atoms with Crippen LogP contribution in [0.15, 0.2) is 34.8 Å². The maximum Gasteiger partial charge on any atom is 0.208 e. The largest absolute Gasteiger partial charge is 0.504 e. The van der Waals surface area contributed by atoms with Gasteiger partial charge >= 0.3 is 0 Å². The van der Waals surface area contributed by atoms with Gasteiger partial charge in [0.15, 0.2) is 11.2 Å². The third-order valence-electron chi connectivity index (χ3n) is 0.838. The van der Waals surface area contributed by atoms with E-state index in [1.54, 1.807) is 17.6 Å². The third kappa shape index (κ3) is 1.95. The molecule has 0 aromatic heterocycles. The van der Waals surface area contributed by atoms with Crippen LogP contribution in [-0.4, -0.2) is 9.66 Å². The van der Waals surface area contributed by atoms with Crippen molar-refractivity contribution < 1.29 is 9.66 Å². The lowest BCUT2D eigenvalue weighted by molar-refractivity contribution is 0.433. The third-order valence-corrected chi connectivity index (χ3v) is 1.76. The van der Waals surface area contributed by atoms with Gasteiger partial charge in [0, 0.05) is 0 Å². The summed E-state index contributed by atoms with van der Waals surface area (Å²) in [6.07, 6.45) is 4.90. The topological polar surface area (TPSA) is 40.5 Å². The predicted molar refractivity (Wildman–Crippen MR) is 39.0 cm³/mol. The van der Waals surface area contributed by atoms with Gasteiger partial charge in [0.05, 0.1) is 0 Å². The number of hydrogen-bond donors (Lipinski definition) is 2. The highest BCUT2D eigenvalue weighted by Gasteiger charge is 2.08. The van der Waals surface area contributed by atoms with Crippen LogP contribution in [0.5, 0.6) is 0 Å². The molecular formula is C6H7O2S+. The van der Waals surface area contributed by atoms with Crippen LogP contribution in [0.4, 0.5) is 0 Å². The fourth-order valence-electron chi connectivity index (χ4n) is 0.482. The van der Waals surface area contributed by atoms with Crippen molar-refractivity contribution in [2.75, 3.05) is 0 Å². The van der Waals surface area contributed by atoms with Gasteiger partial charge in [-0.05, 0) is 12.2 Å². The van der Waals surface area contributed by atoms with Crippen LogP contribution in [0.2, 0.25) is 0 Å². The van der Waals surface area contributed by atoms with Gasteiger partial charge in [-0.25, -0.2) is 0 Å². The zero-order valence-corrected chi connectivity index (χ0v) is 5.51.